The molecule has 2 aromatic heterocycles. The monoisotopic (exact) mass is 573 g/mol. The number of nitrogens with zero attached hydrogens (tertiary/aromatic N) is 2. The third-order valence-corrected chi connectivity index (χ3v) is 7.74. The highest BCUT2D eigenvalue weighted by Crippen LogP contribution is 2.31. The molecule has 0 aliphatic carbocycles. The number of benzene rings is 4. The summed E-state index contributed by atoms with van der Waals surface area (Å²) in [5.74, 6) is 2.06. The van der Waals surface area contributed by atoms with Crippen molar-refractivity contribution in [3.05, 3.63) is 96.7 Å². The fourth-order valence-corrected chi connectivity index (χ4v) is 5.42. The molecule has 0 fully saturated rings. The fraction of sp³-hybridized carbons (Fsp3) is 0.297. The van der Waals surface area contributed by atoms with Crippen LogP contribution in [0.1, 0.15) is 51.2 Å². The van der Waals surface area contributed by atoms with E-state index in [1.807, 2.05) is 20.0 Å². The molecule has 2 heterocycles. The number of nitrogens with one attached hydrogen (secondary N) is 2. The predicted molar refractivity (Wildman–Crippen MR) is 180 cm³/mol. The SMILES string of the molecule is CC.COCCCCc1nc2ccc(-c3ccc4cc(-c5ccc(-c6cnc(CCCCN)[nH]6)cc5)ccc4c3)cc2[nH]1. The lowest BCUT2D eigenvalue weighted by Gasteiger charge is -2.08. The summed E-state index contributed by atoms with van der Waals surface area (Å²) in [6, 6.07) is 28.6. The zero-order chi connectivity index (χ0) is 30.0. The van der Waals surface area contributed by atoms with E-state index in [0.717, 1.165) is 85.6 Å². The Bertz CT molecular complexity index is 1750. The first kappa shape index (κ1) is 30.2. The van der Waals surface area contributed by atoms with Crippen molar-refractivity contribution in [1.82, 2.24) is 19.9 Å². The van der Waals surface area contributed by atoms with E-state index in [4.69, 9.17) is 15.5 Å². The molecule has 0 bridgehead atoms. The standard InChI is InChI=1S/C35H37N5O.C2H6/c1-41-19-5-3-7-35-38-31-17-16-30(22-32(31)39-35)29-15-14-27-20-26(12-13-28(27)21-29)24-8-10-25(11-9-24)33-23-37-34(40-33)6-2-4-18-36;1-2/h8-17,20-23H,2-7,18-19,36H2,1H3,(H,37,40)(H,38,39);1-2H3. The van der Waals surface area contributed by atoms with Crippen LogP contribution in [0, 0.1) is 0 Å². The first-order valence-corrected chi connectivity index (χ1v) is 15.6. The molecule has 6 heteroatoms. The van der Waals surface area contributed by atoms with Crippen LogP contribution in [-0.4, -0.2) is 40.2 Å². The molecule has 4 N–H and O–H groups in total. The average Bonchev–Trinajstić information content (AvgIpc) is 3.70. The molecule has 0 amide bonds. The molecule has 6 aromatic rings. The Labute approximate surface area is 254 Å². The van der Waals surface area contributed by atoms with E-state index < -0.39 is 0 Å². The number of methoxy groups -OCH3 is 1. The van der Waals surface area contributed by atoms with Gasteiger partial charge in [0.05, 0.1) is 22.9 Å². The Hall–Kier alpha value is -4.26. The number of hydrogen-bond donors (Lipinski definition) is 3. The van der Waals surface area contributed by atoms with Gasteiger partial charge in [0.2, 0.25) is 0 Å². The number of nitrogens with two attached hydrogens (primary N) is 1. The summed E-state index contributed by atoms with van der Waals surface area (Å²) in [5, 5.41) is 2.46. The lowest BCUT2D eigenvalue weighted by Crippen LogP contribution is -1.99. The maximum atomic E-state index is 5.61. The van der Waals surface area contributed by atoms with Gasteiger partial charge >= 0.3 is 0 Å². The number of aryl methyl sites for hydroxylation is 2. The van der Waals surface area contributed by atoms with Gasteiger partial charge < -0.3 is 20.4 Å². The minimum absolute atomic E-state index is 0.727. The maximum absolute atomic E-state index is 5.61. The van der Waals surface area contributed by atoms with E-state index >= 15 is 0 Å². The van der Waals surface area contributed by atoms with Crippen LogP contribution in [-0.2, 0) is 17.6 Å². The molecule has 0 atom stereocenters. The molecule has 0 aliphatic rings. The second kappa shape index (κ2) is 14.8. The molecule has 222 valence electrons. The highest BCUT2D eigenvalue weighted by molar-refractivity contribution is 5.92. The number of ether oxygens (including phenoxy) is 1. The summed E-state index contributed by atoms with van der Waals surface area (Å²) in [5.41, 5.74) is 14.7. The van der Waals surface area contributed by atoms with Crippen LogP contribution < -0.4 is 5.73 Å². The Morgan fingerprint density at radius 1 is 0.651 bits per heavy atom. The average molecular weight is 574 g/mol. The van der Waals surface area contributed by atoms with Crippen molar-refractivity contribution in [3.63, 3.8) is 0 Å². The number of fused-ring (bicyclic) bond motifs is 2. The molecule has 0 aliphatic heterocycles. The molecule has 43 heavy (non-hydrogen) atoms. The lowest BCUT2D eigenvalue weighted by molar-refractivity contribution is 0.193. The van der Waals surface area contributed by atoms with Crippen molar-refractivity contribution >= 4 is 21.8 Å². The summed E-state index contributed by atoms with van der Waals surface area (Å²) in [6.07, 6.45) is 7.99. The van der Waals surface area contributed by atoms with Crippen LogP contribution in [0.15, 0.2) is 85.1 Å². The molecule has 0 unspecified atom stereocenters. The van der Waals surface area contributed by atoms with Gasteiger partial charge in [-0.05, 0) is 95.1 Å². The van der Waals surface area contributed by atoms with Crippen molar-refractivity contribution in [2.24, 2.45) is 5.73 Å². The fourth-order valence-electron chi connectivity index (χ4n) is 5.42. The van der Waals surface area contributed by atoms with E-state index in [0.29, 0.717) is 0 Å². The van der Waals surface area contributed by atoms with Crippen LogP contribution in [0.25, 0.3) is 55.3 Å². The summed E-state index contributed by atoms with van der Waals surface area (Å²) in [6.45, 7) is 5.52. The van der Waals surface area contributed by atoms with E-state index in [1.54, 1.807) is 7.11 Å². The third kappa shape index (κ3) is 7.39. The second-order valence-electron chi connectivity index (χ2n) is 10.7. The van der Waals surface area contributed by atoms with Crippen LogP contribution in [0.2, 0.25) is 0 Å². The van der Waals surface area contributed by atoms with Gasteiger partial charge in [0, 0.05) is 26.6 Å². The molecule has 6 rings (SSSR count). The number of H-pyrrole nitrogens is 2. The van der Waals surface area contributed by atoms with Crippen molar-refractivity contribution in [2.45, 2.75) is 52.4 Å². The highest BCUT2D eigenvalue weighted by atomic mass is 16.5. The molecular weight excluding hydrogens is 530 g/mol. The van der Waals surface area contributed by atoms with E-state index in [1.165, 1.54) is 33.0 Å². The molecule has 4 aromatic carbocycles. The lowest BCUT2D eigenvalue weighted by atomic mass is 9.97. The molecule has 6 nitrogen and oxygen atoms in total. The number of unbranched alkanes of at least 4 members (excludes halogenated alkanes) is 2. The Balaban J connectivity index is 0.00000180. The minimum Gasteiger partial charge on any atom is -0.385 e. The number of hydrogen-bond acceptors (Lipinski definition) is 4. The molecule has 0 radical (unpaired) electrons. The van der Waals surface area contributed by atoms with E-state index in [9.17, 15) is 0 Å². The van der Waals surface area contributed by atoms with Gasteiger partial charge in [-0.1, -0.05) is 68.4 Å². The largest absolute Gasteiger partial charge is 0.385 e. The van der Waals surface area contributed by atoms with E-state index in [-0.39, 0.29) is 0 Å². The number of rotatable bonds is 12. The quantitative estimate of drug-likeness (QED) is 0.128. The second-order valence-corrected chi connectivity index (χ2v) is 10.7. The topological polar surface area (TPSA) is 92.6 Å². The minimum atomic E-state index is 0.727. The highest BCUT2D eigenvalue weighted by Gasteiger charge is 2.08. The summed E-state index contributed by atoms with van der Waals surface area (Å²) >= 11 is 0. The van der Waals surface area contributed by atoms with E-state index in [2.05, 4.69) is 93.8 Å². The number of imidazole rings is 2. The van der Waals surface area contributed by atoms with Gasteiger partial charge in [-0.2, -0.15) is 0 Å². The van der Waals surface area contributed by atoms with Gasteiger partial charge in [-0.3, -0.25) is 0 Å². The van der Waals surface area contributed by atoms with Gasteiger partial charge in [0.15, 0.2) is 0 Å². The van der Waals surface area contributed by atoms with Crippen LogP contribution in [0.5, 0.6) is 0 Å². The van der Waals surface area contributed by atoms with Crippen molar-refractivity contribution in [3.8, 4) is 33.5 Å². The van der Waals surface area contributed by atoms with Gasteiger partial charge in [0.25, 0.3) is 0 Å². The maximum Gasteiger partial charge on any atom is 0.107 e. The van der Waals surface area contributed by atoms with Crippen molar-refractivity contribution < 1.29 is 4.74 Å². The first-order chi connectivity index (χ1) is 21.2. The molecule has 0 saturated carbocycles. The molecule has 0 spiro atoms. The Kier molecular flexibility index (Phi) is 10.4. The number of aromatic amines is 2. The summed E-state index contributed by atoms with van der Waals surface area (Å²) in [4.78, 5) is 16.3. The van der Waals surface area contributed by atoms with Crippen LogP contribution in [0.3, 0.4) is 0 Å². The zero-order valence-electron chi connectivity index (χ0n) is 25.6. The normalized spacial score (nSPS) is 11.2. The van der Waals surface area contributed by atoms with Gasteiger partial charge in [-0.15, -0.1) is 0 Å². The van der Waals surface area contributed by atoms with Gasteiger partial charge in [0.1, 0.15) is 11.6 Å². The summed E-state index contributed by atoms with van der Waals surface area (Å²) < 4.78 is 5.16. The first-order valence-electron chi connectivity index (χ1n) is 15.6. The Morgan fingerprint density at radius 2 is 1.26 bits per heavy atom. The van der Waals surface area contributed by atoms with Crippen molar-refractivity contribution in [1.29, 1.82) is 0 Å². The summed E-state index contributed by atoms with van der Waals surface area (Å²) in [7, 11) is 1.75. The molecule has 0 saturated heterocycles. The Morgan fingerprint density at radius 3 is 1.98 bits per heavy atom. The smallest absolute Gasteiger partial charge is 0.107 e. The van der Waals surface area contributed by atoms with Crippen molar-refractivity contribution in [2.75, 3.05) is 20.3 Å². The predicted octanol–water partition coefficient (Wildman–Crippen LogP) is 8.72. The molecular formula is C37H43N5O. The number of aromatic nitrogens is 4. The van der Waals surface area contributed by atoms with Crippen LogP contribution in [0.4, 0.5) is 0 Å². The third-order valence-electron chi connectivity index (χ3n) is 7.74. The van der Waals surface area contributed by atoms with Gasteiger partial charge in [-0.25, -0.2) is 9.97 Å². The zero-order valence-corrected chi connectivity index (χ0v) is 25.6. The van der Waals surface area contributed by atoms with Crippen LogP contribution >= 0.6 is 0 Å².